The molecule has 4 amide bonds. The Kier molecular flexibility index (Phi) is 19.9. The number of rotatable bonds is 8. The summed E-state index contributed by atoms with van der Waals surface area (Å²) in [6.45, 7) is 0. The molecule has 4 N–H and O–H groups in total. The van der Waals surface area contributed by atoms with E-state index in [1.54, 1.807) is 0 Å². The van der Waals surface area contributed by atoms with E-state index in [0.717, 1.165) is 24.3 Å². The molecular formula is C35H22N4Na4O17S4. The van der Waals surface area contributed by atoms with Gasteiger partial charge in [-0.25, -0.2) is 48.5 Å². The third-order valence-corrected chi connectivity index (χ3v) is 12.0. The van der Waals surface area contributed by atoms with Gasteiger partial charge in [0.05, 0.1) is 31.0 Å². The van der Waals surface area contributed by atoms with Crippen molar-refractivity contribution in [3.05, 3.63) is 116 Å². The zero-order valence-electron chi connectivity index (χ0n) is 33.5. The van der Waals surface area contributed by atoms with Gasteiger partial charge in [-0.1, -0.05) is 12.1 Å². The Morgan fingerprint density at radius 1 is 0.516 bits per heavy atom. The van der Waals surface area contributed by atoms with Crippen LogP contribution in [0, 0.1) is 0 Å². The first-order valence-corrected chi connectivity index (χ1v) is 21.9. The number of carbonyl (C=O) groups excluding carboxylic acids is 3. The maximum Gasteiger partial charge on any atom is 1.00 e. The molecule has 2 aliphatic carbocycles. The molecule has 0 aromatic heterocycles. The molecule has 4 aromatic rings. The van der Waals surface area contributed by atoms with Crippen LogP contribution >= 0.6 is 0 Å². The zero-order valence-corrected chi connectivity index (χ0v) is 44.8. The standard InChI is InChI=1S/C35H26N4O17S4.4Na/c40-29-13-23(57(45,46)47)9-19-11-31(59(51,52)53)27(15-25(19)29)38-33(42)17-3-1-5-21(7-17)36-35(44)37-22-6-2-4-18(8-22)34(43)39-28-16-26-20(12-32(28)60(54,55)56)10-24(14-30(26)41)58(48,49)50;;;;/h1-14,40-41H,15-16H2,(H2,36,37,44)(H,45,46,47)(H,48,49,50)(H,51,52,53)(H,54,55,56);;;;/q;4*+1/p-4. The van der Waals surface area contributed by atoms with Crippen molar-refractivity contribution in [1.82, 2.24) is 0 Å². The summed E-state index contributed by atoms with van der Waals surface area (Å²) in [5, 5.41) is 25.5. The van der Waals surface area contributed by atoms with Crippen molar-refractivity contribution in [3.63, 3.8) is 0 Å². The average molecular weight is 991 g/mol. The first-order chi connectivity index (χ1) is 27.8. The first kappa shape index (κ1) is 57.7. The number of anilines is 2. The average Bonchev–Trinajstić information content (AvgIpc) is 3.13. The van der Waals surface area contributed by atoms with E-state index in [0.29, 0.717) is 24.3 Å². The summed E-state index contributed by atoms with van der Waals surface area (Å²) in [6, 6.07) is 11.7. The molecule has 0 heterocycles. The van der Waals surface area contributed by atoms with Gasteiger partial charge in [-0.05, 0) is 83.9 Å². The van der Waals surface area contributed by atoms with Crippen LogP contribution in [0.2, 0.25) is 0 Å². The van der Waals surface area contributed by atoms with E-state index in [4.69, 9.17) is 0 Å². The molecule has 0 saturated carbocycles. The van der Waals surface area contributed by atoms with Crippen LogP contribution in [0.15, 0.2) is 102 Å². The number of aliphatic imine (C=N–C) groups is 2. The monoisotopic (exact) mass is 990 g/mol. The van der Waals surface area contributed by atoms with Crippen LogP contribution < -0.4 is 129 Å². The number of urea groups is 1. The Hall–Kier alpha value is -2.45. The van der Waals surface area contributed by atoms with E-state index < -0.39 is 114 Å². The van der Waals surface area contributed by atoms with Gasteiger partial charge in [0.15, 0.2) is 0 Å². The fraction of sp³-hybridized carbons (Fsp3) is 0.0571. The minimum atomic E-state index is -5.35. The predicted molar refractivity (Wildman–Crippen MR) is 204 cm³/mol. The molecule has 0 saturated heterocycles. The normalized spacial score (nSPS) is 14.7. The van der Waals surface area contributed by atoms with Crippen molar-refractivity contribution in [2.45, 2.75) is 22.6 Å². The van der Waals surface area contributed by atoms with Crippen molar-refractivity contribution >= 4 is 93.3 Å². The van der Waals surface area contributed by atoms with Crippen LogP contribution in [0.4, 0.5) is 16.2 Å². The minimum absolute atomic E-state index is 0. The van der Waals surface area contributed by atoms with Crippen LogP contribution in [-0.4, -0.2) is 91.4 Å². The molecule has 312 valence electrons. The molecular weight excluding hydrogens is 969 g/mol. The van der Waals surface area contributed by atoms with Crippen molar-refractivity contribution in [1.29, 1.82) is 0 Å². The van der Waals surface area contributed by atoms with E-state index in [9.17, 15) is 76.5 Å². The van der Waals surface area contributed by atoms with Gasteiger partial charge in [-0.3, -0.25) is 9.59 Å². The summed E-state index contributed by atoms with van der Waals surface area (Å²) in [7, 11) is -20.9. The molecule has 64 heavy (non-hydrogen) atoms. The SMILES string of the molecule is O=C(Nc1cccc(C(=O)N=C2Cc3c(O)cc(S(=O)(=O)[O-])cc3C=C2S(=O)(=O)[O-])c1)Nc1cccc(C(=O)N=C2Cc3c(O)cc(S(=O)(=O)[O-])cc3C=C2S(=O)(=O)[O-])c1.[Na+].[Na+].[Na+].[Na+]. The smallest absolute Gasteiger partial charge is 0.744 e. The minimum Gasteiger partial charge on any atom is -0.744 e. The molecule has 2 aliphatic rings. The Morgan fingerprint density at radius 2 is 0.859 bits per heavy atom. The number of aromatic hydroxyl groups is 2. The Labute approximate surface area is 452 Å². The Bertz CT molecular complexity index is 2980. The number of benzene rings is 4. The predicted octanol–water partition coefficient (Wildman–Crippen LogP) is -9.99. The van der Waals surface area contributed by atoms with Gasteiger partial charge in [-0.2, -0.15) is 0 Å². The number of phenolic OH excluding ortho intramolecular Hbond substituents is 2. The number of amides is 4. The number of phenols is 2. The van der Waals surface area contributed by atoms with Crippen molar-refractivity contribution < 1.29 is 195 Å². The van der Waals surface area contributed by atoms with E-state index >= 15 is 0 Å². The molecule has 0 radical (unpaired) electrons. The molecule has 0 spiro atoms. The molecule has 0 atom stereocenters. The van der Waals surface area contributed by atoms with Crippen LogP contribution in [0.25, 0.3) is 12.2 Å². The molecule has 6 rings (SSSR count). The van der Waals surface area contributed by atoms with Crippen LogP contribution in [-0.2, 0) is 53.3 Å². The first-order valence-electron chi connectivity index (χ1n) is 16.3. The van der Waals surface area contributed by atoms with Gasteiger partial charge in [-0.15, -0.1) is 0 Å². The number of carbonyl (C=O) groups is 3. The van der Waals surface area contributed by atoms with Gasteiger partial charge in [0.25, 0.3) is 11.8 Å². The van der Waals surface area contributed by atoms with E-state index in [2.05, 4.69) is 20.6 Å². The van der Waals surface area contributed by atoms with Crippen LogP contribution in [0.3, 0.4) is 0 Å². The largest absolute Gasteiger partial charge is 1.00 e. The Balaban J connectivity index is 0.00000352. The topological polar surface area (TPSA) is 369 Å². The molecule has 4 aromatic carbocycles. The fourth-order valence-electron chi connectivity index (χ4n) is 5.94. The summed E-state index contributed by atoms with van der Waals surface area (Å²) in [5.74, 6) is -3.73. The number of nitrogens with zero attached hydrogens (tertiary/aromatic N) is 2. The van der Waals surface area contributed by atoms with E-state index in [1.165, 1.54) is 36.4 Å². The maximum atomic E-state index is 13.2. The van der Waals surface area contributed by atoms with Crippen LogP contribution in [0.5, 0.6) is 11.5 Å². The molecule has 0 unspecified atom stereocenters. The summed E-state index contributed by atoms with van der Waals surface area (Å²) < 4.78 is 141. The number of nitrogens with one attached hydrogen (secondary N) is 2. The van der Waals surface area contributed by atoms with Gasteiger partial charge < -0.3 is 39.1 Å². The molecule has 29 heteroatoms. The van der Waals surface area contributed by atoms with E-state index in [-0.39, 0.29) is 163 Å². The van der Waals surface area contributed by atoms with Crippen molar-refractivity contribution in [3.8, 4) is 11.5 Å². The molecule has 0 bridgehead atoms. The molecule has 0 aliphatic heterocycles. The summed E-state index contributed by atoms with van der Waals surface area (Å²) in [5.41, 5.74) is -2.62. The Morgan fingerprint density at radius 3 is 1.17 bits per heavy atom. The second-order valence-corrected chi connectivity index (χ2v) is 18.1. The van der Waals surface area contributed by atoms with Crippen LogP contribution in [0.1, 0.15) is 43.0 Å². The molecule has 0 fully saturated rings. The van der Waals surface area contributed by atoms with Gasteiger partial charge in [0.1, 0.15) is 52.0 Å². The second-order valence-electron chi connectivity index (χ2n) is 12.7. The number of fused-ring (bicyclic) bond motifs is 2. The zero-order chi connectivity index (χ0) is 44.1. The fourth-order valence-corrected chi connectivity index (χ4v) is 8.35. The van der Waals surface area contributed by atoms with Gasteiger partial charge >= 0.3 is 124 Å². The maximum absolute atomic E-state index is 13.2. The van der Waals surface area contributed by atoms with Gasteiger partial charge in [0, 0.05) is 46.5 Å². The summed E-state index contributed by atoms with van der Waals surface area (Å²) in [4.78, 5) is 42.9. The third kappa shape index (κ3) is 13.8. The number of hydrogen-bond donors (Lipinski definition) is 4. The van der Waals surface area contributed by atoms with Crippen molar-refractivity contribution in [2.24, 2.45) is 9.98 Å². The van der Waals surface area contributed by atoms with Crippen molar-refractivity contribution in [2.75, 3.05) is 10.6 Å². The summed E-state index contributed by atoms with van der Waals surface area (Å²) in [6.07, 6.45) is 0.0471. The number of hydrogen-bond acceptors (Lipinski definition) is 17. The second kappa shape index (κ2) is 22.1. The molecule has 21 nitrogen and oxygen atoms in total. The summed E-state index contributed by atoms with van der Waals surface area (Å²) >= 11 is 0. The quantitative estimate of drug-likeness (QED) is 0.0941. The van der Waals surface area contributed by atoms with E-state index in [1.807, 2.05) is 0 Å². The van der Waals surface area contributed by atoms with Gasteiger partial charge in [0.2, 0.25) is 0 Å². The third-order valence-electron chi connectivity index (χ3n) is 8.62. The number of allylic oxidation sites excluding steroid dienone is 2.